The molecule has 0 aliphatic heterocycles. The molecule has 128 valence electrons. The quantitative estimate of drug-likeness (QED) is 0.769. The molecule has 0 radical (unpaired) electrons. The number of benzene rings is 1. The molecule has 0 atom stereocenters. The van der Waals surface area contributed by atoms with Crippen molar-refractivity contribution in [2.75, 3.05) is 18.5 Å². The highest BCUT2D eigenvalue weighted by atomic mass is 19.4. The van der Waals surface area contributed by atoms with E-state index in [1.165, 1.54) is 31.0 Å². The lowest BCUT2D eigenvalue weighted by molar-refractivity contribution is -0.136. The summed E-state index contributed by atoms with van der Waals surface area (Å²) >= 11 is 0. The average molecular weight is 330 g/mol. The van der Waals surface area contributed by atoms with Gasteiger partial charge in [-0.2, -0.15) is 13.2 Å². The van der Waals surface area contributed by atoms with Crippen LogP contribution in [0.25, 0.3) is 0 Å². The molecular weight excluding hydrogens is 309 g/mol. The summed E-state index contributed by atoms with van der Waals surface area (Å²) < 4.78 is 44.1. The number of carbonyl (C=O) groups is 1. The van der Waals surface area contributed by atoms with Crippen LogP contribution in [0.4, 0.5) is 23.7 Å². The highest BCUT2D eigenvalue weighted by molar-refractivity contribution is 5.90. The van der Waals surface area contributed by atoms with E-state index in [2.05, 4.69) is 10.6 Å². The van der Waals surface area contributed by atoms with Gasteiger partial charge in [0.05, 0.1) is 17.4 Å². The van der Waals surface area contributed by atoms with Crippen molar-refractivity contribution in [1.29, 1.82) is 0 Å². The van der Waals surface area contributed by atoms with Gasteiger partial charge in [0, 0.05) is 13.2 Å². The van der Waals surface area contributed by atoms with Crippen molar-refractivity contribution in [2.24, 2.45) is 0 Å². The highest BCUT2D eigenvalue weighted by Crippen LogP contribution is 2.34. The van der Waals surface area contributed by atoms with Gasteiger partial charge < -0.3 is 15.4 Å². The first-order valence-corrected chi connectivity index (χ1v) is 7.79. The van der Waals surface area contributed by atoms with Crippen molar-refractivity contribution < 1.29 is 22.7 Å². The van der Waals surface area contributed by atoms with Gasteiger partial charge >= 0.3 is 12.2 Å². The van der Waals surface area contributed by atoms with Crippen LogP contribution in [0.15, 0.2) is 24.3 Å². The Hall–Kier alpha value is -1.76. The highest BCUT2D eigenvalue weighted by Gasteiger charge is 2.33. The fourth-order valence-electron chi connectivity index (χ4n) is 2.58. The van der Waals surface area contributed by atoms with E-state index in [9.17, 15) is 18.0 Å². The van der Waals surface area contributed by atoms with Gasteiger partial charge in [-0.25, -0.2) is 4.79 Å². The van der Waals surface area contributed by atoms with Crippen molar-refractivity contribution in [3.05, 3.63) is 29.8 Å². The molecule has 0 unspecified atom stereocenters. The second-order valence-electron chi connectivity index (χ2n) is 5.56. The zero-order chi connectivity index (χ0) is 16.7. The minimum absolute atomic E-state index is 0.250. The number of para-hydroxylation sites is 1. The molecule has 4 nitrogen and oxygen atoms in total. The van der Waals surface area contributed by atoms with Gasteiger partial charge in [0.1, 0.15) is 0 Å². The maximum absolute atomic E-state index is 12.8. The number of halogens is 3. The monoisotopic (exact) mass is 330 g/mol. The van der Waals surface area contributed by atoms with Crippen LogP contribution in [-0.2, 0) is 10.9 Å². The second-order valence-corrected chi connectivity index (χ2v) is 5.56. The largest absolute Gasteiger partial charge is 0.418 e. The van der Waals surface area contributed by atoms with Crippen molar-refractivity contribution in [3.63, 3.8) is 0 Å². The number of anilines is 1. The molecule has 1 aliphatic rings. The van der Waals surface area contributed by atoms with E-state index in [-0.39, 0.29) is 5.69 Å². The number of carbonyl (C=O) groups excluding carboxylic acids is 1. The van der Waals surface area contributed by atoms with Crippen LogP contribution >= 0.6 is 0 Å². The van der Waals surface area contributed by atoms with Crippen LogP contribution in [0.2, 0.25) is 0 Å². The van der Waals surface area contributed by atoms with Crippen LogP contribution in [0.3, 0.4) is 0 Å². The molecular formula is C16H21F3N2O2. The van der Waals surface area contributed by atoms with Gasteiger partial charge in [0.25, 0.3) is 0 Å². The summed E-state index contributed by atoms with van der Waals surface area (Å²) in [7, 11) is 0. The minimum atomic E-state index is -4.50. The Kier molecular flexibility index (Phi) is 6.27. The zero-order valence-electron chi connectivity index (χ0n) is 12.8. The second kappa shape index (κ2) is 8.19. The third-order valence-corrected chi connectivity index (χ3v) is 3.74. The van der Waals surface area contributed by atoms with Crippen LogP contribution in [-0.4, -0.2) is 25.3 Å². The topological polar surface area (TPSA) is 50.4 Å². The normalized spacial score (nSPS) is 15.6. The molecule has 0 bridgehead atoms. The van der Waals surface area contributed by atoms with Crippen molar-refractivity contribution >= 4 is 11.7 Å². The predicted molar refractivity (Wildman–Crippen MR) is 81.3 cm³/mol. The molecule has 0 spiro atoms. The lowest BCUT2D eigenvalue weighted by Crippen LogP contribution is -2.31. The van der Waals surface area contributed by atoms with Gasteiger partial charge in [-0.3, -0.25) is 0 Å². The maximum Gasteiger partial charge on any atom is 0.418 e. The molecule has 0 heterocycles. The SMILES string of the molecule is O=C(NCCCOC1CCCC1)Nc1ccccc1C(F)(F)F. The van der Waals surface area contributed by atoms with E-state index in [0.717, 1.165) is 18.9 Å². The molecule has 23 heavy (non-hydrogen) atoms. The van der Waals surface area contributed by atoms with Crippen LogP contribution < -0.4 is 10.6 Å². The van der Waals surface area contributed by atoms with Gasteiger partial charge in [0.2, 0.25) is 0 Å². The van der Waals surface area contributed by atoms with Crippen molar-refractivity contribution in [3.8, 4) is 0 Å². The molecule has 2 N–H and O–H groups in total. The predicted octanol–water partition coefficient (Wildman–Crippen LogP) is 4.18. The van der Waals surface area contributed by atoms with E-state index >= 15 is 0 Å². The Morgan fingerprint density at radius 2 is 1.91 bits per heavy atom. The molecule has 2 amide bonds. The molecule has 2 rings (SSSR count). The van der Waals surface area contributed by atoms with Gasteiger partial charge in [-0.05, 0) is 31.4 Å². The van der Waals surface area contributed by atoms with E-state index < -0.39 is 17.8 Å². The molecule has 7 heteroatoms. The number of ether oxygens (including phenoxy) is 1. The van der Waals surface area contributed by atoms with Crippen molar-refractivity contribution in [2.45, 2.75) is 44.4 Å². The fourth-order valence-corrected chi connectivity index (χ4v) is 2.58. The van der Waals surface area contributed by atoms with Crippen LogP contribution in [0.5, 0.6) is 0 Å². The average Bonchev–Trinajstić information content (AvgIpc) is 2.99. The molecule has 1 aromatic rings. The smallest absolute Gasteiger partial charge is 0.378 e. The van der Waals surface area contributed by atoms with Gasteiger partial charge in [-0.1, -0.05) is 25.0 Å². The zero-order valence-corrected chi connectivity index (χ0v) is 12.8. The number of amides is 2. The summed E-state index contributed by atoms with van der Waals surface area (Å²) in [6.45, 7) is 0.900. The van der Waals surface area contributed by atoms with Gasteiger partial charge in [0.15, 0.2) is 0 Å². The number of hydrogen-bond donors (Lipinski definition) is 2. The van der Waals surface area contributed by atoms with E-state index in [0.29, 0.717) is 25.7 Å². The molecule has 0 aromatic heterocycles. The first kappa shape index (κ1) is 17.6. The standard InChI is InChI=1S/C16H21F3N2O2/c17-16(18,19)13-8-3-4-9-14(13)21-15(22)20-10-5-11-23-12-6-1-2-7-12/h3-4,8-9,12H,1-2,5-7,10-11H2,(H2,20,21,22). The first-order chi connectivity index (χ1) is 11.0. The Morgan fingerprint density at radius 3 is 2.61 bits per heavy atom. The molecule has 1 aliphatic carbocycles. The molecule has 1 saturated carbocycles. The number of alkyl halides is 3. The van der Waals surface area contributed by atoms with E-state index in [1.54, 1.807) is 0 Å². The molecule has 0 saturated heterocycles. The van der Waals surface area contributed by atoms with E-state index in [4.69, 9.17) is 4.74 Å². The number of nitrogens with one attached hydrogen (secondary N) is 2. The summed E-state index contributed by atoms with van der Waals surface area (Å²) in [5, 5.41) is 4.78. The Labute approximate surface area is 133 Å². The van der Waals surface area contributed by atoms with Crippen LogP contribution in [0.1, 0.15) is 37.7 Å². The summed E-state index contributed by atoms with van der Waals surface area (Å²) in [5.74, 6) is 0. The number of hydrogen-bond acceptors (Lipinski definition) is 2. The Bertz CT molecular complexity index is 514. The molecule has 1 fully saturated rings. The third kappa shape index (κ3) is 5.74. The lowest BCUT2D eigenvalue weighted by Gasteiger charge is -2.14. The fraction of sp³-hybridized carbons (Fsp3) is 0.562. The number of urea groups is 1. The van der Waals surface area contributed by atoms with Crippen molar-refractivity contribution in [1.82, 2.24) is 5.32 Å². The third-order valence-electron chi connectivity index (χ3n) is 3.74. The summed E-state index contributed by atoms with van der Waals surface area (Å²) in [6.07, 6.45) is 1.02. The Morgan fingerprint density at radius 1 is 1.22 bits per heavy atom. The molecule has 1 aromatic carbocycles. The van der Waals surface area contributed by atoms with E-state index in [1.807, 2.05) is 0 Å². The van der Waals surface area contributed by atoms with Gasteiger partial charge in [-0.15, -0.1) is 0 Å². The maximum atomic E-state index is 12.8. The lowest BCUT2D eigenvalue weighted by atomic mass is 10.1. The number of rotatable bonds is 6. The Balaban J connectivity index is 1.70. The minimum Gasteiger partial charge on any atom is -0.378 e. The summed E-state index contributed by atoms with van der Waals surface area (Å²) in [6, 6.07) is 4.24. The first-order valence-electron chi connectivity index (χ1n) is 7.79. The summed E-state index contributed by atoms with van der Waals surface area (Å²) in [4.78, 5) is 11.7. The van der Waals surface area contributed by atoms with Crippen LogP contribution in [0, 0.1) is 0 Å². The summed E-state index contributed by atoms with van der Waals surface area (Å²) in [5.41, 5.74) is -1.11.